The van der Waals surface area contributed by atoms with Crippen molar-refractivity contribution in [2.24, 2.45) is 5.84 Å². The highest BCUT2D eigenvalue weighted by atomic mass is 35.5. The van der Waals surface area contributed by atoms with Crippen molar-refractivity contribution in [3.8, 4) is 5.69 Å². The van der Waals surface area contributed by atoms with E-state index in [1.54, 1.807) is 6.20 Å². The van der Waals surface area contributed by atoms with Gasteiger partial charge in [-0.2, -0.15) is 5.10 Å². The van der Waals surface area contributed by atoms with Crippen LogP contribution in [0.2, 0.25) is 8.67 Å². The van der Waals surface area contributed by atoms with Crippen LogP contribution in [0.3, 0.4) is 0 Å². The fourth-order valence-corrected chi connectivity index (χ4v) is 3.73. The minimum Gasteiger partial charge on any atom is -0.271 e. The van der Waals surface area contributed by atoms with Gasteiger partial charge < -0.3 is 0 Å². The van der Waals surface area contributed by atoms with E-state index in [2.05, 4.69) is 10.5 Å². The van der Waals surface area contributed by atoms with E-state index in [1.165, 1.54) is 11.3 Å². The van der Waals surface area contributed by atoms with E-state index in [0.29, 0.717) is 8.67 Å². The average Bonchev–Trinajstić information content (AvgIpc) is 3.09. The molecule has 0 bridgehead atoms. The number of hydrogen-bond donors (Lipinski definition) is 2. The largest absolute Gasteiger partial charge is 0.271 e. The number of nitrogens with two attached hydrogens (primary N) is 1. The molecule has 2 aromatic heterocycles. The third-order valence-electron chi connectivity index (χ3n) is 3.13. The second-order valence-electron chi connectivity index (χ2n) is 4.38. The van der Waals surface area contributed by atoms with Crippen LogP contribution < -0.4 is 11.3 Å². The third-order valence-corrected chi connectivity index (χ3v) is 4.65. The van der Waals surface area contributed by atoms with E-state index in [1.807, 2.05) is 47.1 Å². The highest BCUT2D eigenvalue weighted by molar-refractivity contribution is 7.20. The van der Waals surface area contributed by atoms with Crippen molar-refractivity contribution >= 4 is 34.5 Å². The lowest BCUT2D eigenvalue weighted by atomic mass is 10.1. The molecule has 3 rings (SSSR count). The van der Waals surface area contributed by atoms with Gasteiger partial charge in [-0.15, -0.1) is 11.3 Å². The Morgan fingerprint density at radius 2 is 1.95 bits per heavy atom. The molecular weight excluding hydrogens is 327 g/mol. The lowest BCUT2D eigenvalue weighted by molar-refractivity contribution is 0.599. The van der Waals surface area contributed by atoms with Crippen molar-refractivity contribution < 1.29 is 0 Å². The van der Waals surface area contributed by atoms with Gasteiger partial charge in [-0.3, -0.25) is 5.84 Å². The number of nitrogens with one attached hydrogen (secondary N) is 1. The molecule has 2 heterocycles. The first-order chi connectivity index (χ1) is 10.2. The van der Waals surface area contributed by atoms with Crippen LogP contribution in [0.15, 0.2) is 48.7 Å². The summed E-state index contributed by atoms with van der Waals surface area (Å²) in [4.78, 5) is 0. The maximum absolute atomic E-state index is 6.24. The molecule has 0 aliphatic rings. The molecule has 3 aromatic rings. The number of hydrazine groups is 1. The minimum absolute atomic E-state index is 0.288. The number of benzene rings is 1. The first kappa shape index (κ1) is 14.6. The van der Waals surface area contributed by atoms with E-state index < -0.39 is 0 Å². The first-order valence-corrected chi connectivity index (χ1v) is 7.78. The molecule has 0 fully saturated rings. The van der Waals surface area contributed by atoms with Crippen LogP contribution in [-0.4, -0.2) is 9.78 Å². The lowest BCUT2D eigenvalue weighted by Crippen LogP contribution is -2.30. The Morgan fingerprint density at radius 1 is 1.19 bits per heavy atom. The SMILES string of the molecule is NNC(c1cc(Cl)sc1Cl)c1ccnn1-c1ccccc1. The second-order valence-corrected chi connectivity index (χ2v) is 6.67. The summed E-state index contributed by atoms with van der Waals surface area (Å²) < 4.78 is 3.07. The number of rotatable bonds is 4. The van der Waals surface area contributed by atoms with Crippen LogP contribution in [0.5, 0.6) is 0 Å². The van der Waals surface area contributed by atoms with Gasteiger partial charge in [0.1, 0.15) is 0 Å². The summed E-state index contributed by atoms with van der Waals surface area (Å²) in [5, 5.41) is 4.37. The van der Waals surface area contributed by atoms with Crippen LogP contribution in [0.4, 0.5) is 0 Å². The van der Waals surface area contributed by atoms with Crippen LogP contribution in [0, 0.1) is 0 Å². The molecule has 0 saturated heterocycles. The first-order valence-electron chi connectivity index (χ1n) is 6.21. The Labute approximate surface area is 136 Å². The van der Waals surface area contributed by atoms with E-state index in [9.17, 15) is 0 Å². The predicted octanol–water partition coefficient (Wildman–Crippen LogP) is 3.79. The van der Waals surface area contributed by atoms with E-state index >= 15 is 0 Å². The Kier molecular flexibility index (Phi) is 4.28. The molecule has 4 nitrogen and oxygen atoms in total. The van der Waals surface area contributed by atoms with Crippen molar-refractivity contribution in [2.45, 2.75) is 6.04 Å². The number of para-hydroxylation sites is 1. The Morgan fingerprint density at radius 3 is 2.57 bits per heavy atom. The Balaban J connectivity index is 2.07. The molecular formula is C14H12Cl2N4S. The third kappa shape index (κ3) is 2.84. The summed E-state index contributed by atoms with van der Waals surface area (Å²) in [6.07, 6.45) is 1.73. The lowest BCUT2D eigenvalue weighted by Gasteiger charge is -2.17. The van der Waals surface area contributed by atoms with E-state index in [0.717, 1.165) is 16.9 Å². The van der Waals surface area contributed by atoms with Crippen molar-refractivity contribution in [2.75, 3.05) is 0 Å². The van der Waals surface area contributed by atoms with Crippen LogP contribution >= 0.6 is 34.5 Å². The number of nitrogens with zero attached hydrogens (tertiary/aromatic N) is 2. The molecule has 3 N–H and O–H groups in total. The predicted molar refractivity (Wildman–Crippen MR) is 87.1 cm³/mol. The Bertz CT molecular complexity index is 739. The number of hydrogen-bond acceptors (Lipinski definition) is 4. The molecule has 0 spiro atoms. The van der Waals surface area contributed by atoms with Crippen molar-refractivity contribution in [3.63, 3.8) is 0 Å². The molecule has 1 aromatic carbocycles. The summed E-state index contributed by atoms with van der Waals surface area (Å²) in [6, 6.07) is 13.3. The zero-order valence-electron chi connectivity index (χ0n) is 10.8. The van der Waals surface area contributed by atoms with Gasteiger partial charge in [-0.25, -0.2) is 10.1 Å². The molecule has 0 radical (unpaired) electrons. The maximum Gasteiger partial charge on any atom is 0.0996 e. The molecule has 21 heavy (non-hydrogen) atoms. The Hall–Kier alpha value is -1.37. The van der Waals surface area contributed by atoms with E-state index in [4.69, 9.17) is 29.0 Å². The van der Waals surface area contributed by atoms with Gasteiger partial charge in [0, 0.05) is 11.8 Å². The molecule has 0 amide bonds. The summed E-state index contributed by atoms with van der Waals surface area (Å²) in [7, 11) is 0. The van der Waals surface area contributed by atoms with Crippen LogP contribution in [0.25, 0.3) is 5.69 Å². The van der Waals surface area contributed by atoms with Crippen molar-refractivity contribution in [3.05, 3.63) is 68.6 Å². The highest BCUT2D eigenvalue weighted by Crippen LogP contribution is 2.37. The monoisotopic (exact) mass is 338 g/mol. The van der Waals surface area contributed by atoms with Gasteiger partial charge in [0.2, 0.25) is 0 Å². The number of halogens is 2. The quantitative estimate of drug-likeness (QED) is 0.562. The zero-order chi connectivity index (χ0) is 14.8. The van der Waals surface area contributed by atoms with Gasteiger partial charge in [0.15, 0.2) is 0 Å². The molecule has 7 heteroatoms. The summed E-state index contributed by atoms with van der Waals surface area (Å²) in [5.74, 6) is 5.73. The zero-order valence-corrected chi connectivity index (χ0v) is 13.2. The summed E-state index contributed by atoms with van der Waals surface area (Å²) in [6.45, 7) is 0. The number of aromatic nitrogens is 2. The topological polar surface area (TPSA) is 55.9 Å². The van der Waals surface area contributed by atoms with Gasteiger partial charge in [-0.1, -0.05) is 41.4 Å². The highest BCUT2D eigenvalue weighted by Gasteiger charge is 2.22. The normalized spacial score (nSPS) is 12.5. The van der Waals surface area contributed by atoms with E-state index in [-0.39, 0.29) is 6.04 Å². The maximum atomic E-state index is 6.24. The fourth-order valence-electron chi connectivity index (χ4n) is 2.20. The molecule has 1 unspecified atom stereocenters. The van der Waals surface area contributed by atoms with Crippen LogP contribution in [0.1, 0.15) is 17.3 Å². The van der Waals surface area contributed by atoms with Gasteiger partial charge in [-0.05, 0) is 24.3 Å². The molecule has 108 valence electrons. The van der Waals surface area contributed by atoms with Crippen molar-refractivity contribution in [1.82, 2.24) is 15.2 Å². The molecule has 0 aliphatic carbocycles. The second kappa shape index (κ2) is 6.17. The van der Waals surface area contributed by atoms with Gasteiger partial charge >= 0.3 is 0 Å². The van der Waals surface area contributed by atoms with Crippen molar-refractivity contribution in [1.29, 1.82) is 0 Å². The summed E-state index contributed by atoms with van der Waals surface area (Å²) in [5.41, 5.74) is 5.47. The minimum atomic E-state index is -0.288. The standard InChI is InChI=1S/C14H12Cl2N4S/c15-12-8-10(14(16)21-12)13(19-17)11-6-7-18-20(11)9-4-2-1-3-5-9/h1-8,13,19H,17H2. The number of thiophene rings is 1. The molecule has 1 atom stereocenters. The smallest absolute Gasteiger partial charge is 0.0996 e. The molecule has 0 aliphatic heterocycles. The van der Waals surface area contributed by atoms with Gasteiger partial charge in [0.25, 0.3) is 0 Å². The summed E-state index contributed by atoms with van der Waals surface area (Å²) >= 11 is 13.6. The molecule has 0 saturated carbocycles. The average molecular weight is 339 g/mol. The fraction of sp³-hybridized carbons (Fsp3) is 0.0714. The van der Waals surface area contributed by atoms with Crippen LogP contribution in [-0.2, 0) is 0 Å². The van der Waals surface area contributed by atoms with Gasteiger partial charge in [0.05, 0.1) is 26.1 Å².